The molecule has 0 unspecified atom stereocenters. The lowest BCUT2D eigenvalue weighted by atomic mass is 10.1. The third-order valence-corrected chi connectivity index (χ3v) is 2.83. The lowest BCUT2D eigenvalue weighted by Crippen LogP contribution is -2.29. The zero-order valence-electron chi connectivity index (χ0n) is 10.4. The maximum Gasteiger partial charge on any atom is 0.410 e. The molecule has 1 amide bonds. The van der Waals surface area contributed by atoms with Gasteiger partial charge in [-0.25, -0.2) is 4.79 Å². The Kier molecular flexibility index (Phi) is 3.74. The summed E-state index contributed by atoms with van der Waals surface area (Å²) in [6, 6.07) is 3.17. The number of anilines is 2. The first-order chi connectivity index (χ1) is 9.11. The molecule has 5 N–H and O–H groups in total. The number of hydrogen-bond acceptors (Lipinski definition) is 6. The van der Waals surface area contributed by atoms with E-state index in [0.717, 1.165) is 6.21 Å². The highest BCUT2D eigenvalue weighted by atomic mass is 16.6. The molecule has 1 aliphatic heterocycles. The Balaban J connectivity index is 1.94. The van der Waals surface area contributed by atoms with Gasteiger partial charge in [0.25, 0.3) is 0 Å². The zero-order chi connectivity index (χ0) is 13.8. The molecule has 0 spiro atoms. The van der Waals surface area contributed by atoms with Crippen LogP contribution in [-0.2, 0) is 4.74 Å². The van der Waals surface area contributed by atoms with E-state index in [1.54, 1.807) is 17.0 Å². The number of cyclic esters (lactones) is 1. The Bertz CT molecular complexity index is 504. The quantitative estimate of drug-likeness (QED) is 0.534. The van der Waals surface area contributed by atoms with Gasteiger partial charge >= 0.3 is 6.09 Å². The molecule has 1 heterocycles. The van der Waals surface area contributed by atoms with Crippen molar-refractivity contribution in [3.05, 3.63) is 17.7 Å². The number of carbonyl (C=O) groups is 1. The van der Waals surface area contributed by atoms with Crippen molar-refractivity contribution in [1.29, 1.82) is 5.41 Å². The number of rotatable bonds is 5. The van der Waals surface area contributed by atoms with E-state index in [1.807, 2.05) is 0 Å². The highest BCUT2D eigenvalue weighted by Gasteiger charge is 2.21. The van der Waals surface area contributed by atoms with Crippen molar-refractivity contribution in [1.82, 2.24) is 4.90 Å². The minimum Gasteiger partial charge on any atom is -0.490 e. The van der Waals surface area contributed by atoms with E-state index in [0.29, 0.717) is 49.0 Å². The van der Waals surface area contributed by atoms with Gasteiger partial charge in [0.1, 0.15) is 19.0 Å². The standard InChI is InChI=1S/C12H16N4O3/c13-7-8-5-10(15)11(6-9(8)14)18-3-1-16-2-4-19-12(16)17/h5-7,13H,1-4,14-15H2. The molecule has 1 aromatic carbocycles. The summed E-state index contributed by atoms with van der Waals surface area (Å²) in [5, 5.41) is 7.17. The van der Waals surface area contributed by atoms with Gasteiger partial charge in [0.2, 0.25) is 0 Å². The average Bonchev–Trinajstić information content (AvgIpc) is 2.79. The Labute approximate surface area is 110 Å². The van der Waals surface area contributed by atoms with Crippen molar-refractivity contribution >= 4 is 23.7 Å². The highest BCUT2D eigenvalue weighted by Crippen LogP contribution is 2.26. The number of benzene rings is 1. The van der Waals surface area contributed by atoms with E-state index in [-0.39, 0.29) is 6.09 Å². The van der Waals surface area contributed by atoms with Crippen LogP contribution in [0.25, 0.3) is 0 Å². The molecule has 1 aromatic rings. The summed E-state index contributed by atoms with van der Waals surface area (Å²) < 4.78 is 10.3. The van der Waals surface area contributed by atoms with Crippen LogP contribution in [0.15, 0.2) is 12.1 Å². The van der Waals surface area contributed by atoms with Crippen LogP contribution in [0.3, 0.4) is 0 Å². The molecule has 1 saturated heterocycles. The number of nitrogens with two attached hydrogens (primary N) is 2. The maximum atomic E-state index is 11.2. The molecule has 1 fully saturated rings. The number of nitrogens with zero attached hydrogens (tertiary/aromatic N) is 1. The average molecular weight is 264 g/mol. The molecule has 0 radical (unpaired) electrons. The second-order valence-electron chi connectivity index (χ2n) is 4.11. The SMILES string of the molecule is N=Cc1cc(N)c(OCCN2CCOC2=O)cc1N. The minimum absolute atomic E-state index is 0.308. The third-order valence-electron chi connectivity index (χ3n) is 2.83. The van der Waals surface area contributed by atoms with Gasteiger partial charge < -0.3 is 31.3 Å². The molecule has 7 heteroatoms. The predicted octanol–water partition coefficient (Wildman–Crippen LogP) is 0.680. The minimum atomic E-state index is -0.324. The fourth-order valence-electron chi connectivity index (χ4n) is 1.77. The molecule has 2 rings (SSSR count). The predicted molar refractivity (Wildman–Crippen MR) is 71.6 cm³/mol. The van der Waals surface area contributed by atoms with Gasteiger partial charge in [-0.2, -0.15) is 0 Å². The first-order valence-electron chi connectivity index (χ1n) is 5.86. The van der Waals surface area contributed by atoms with Crippen molar-refractivity contribution in [2.24, 2.45) is 0 Å². The smallest absolute Gasteiger partial charge is 0.410 e. The van der Waals surface area contributed by atoms with E-state index in [1.165, 1.54) is 0 Å². The van der Waals surface area contributed by atoms with Crippen molar-refractivity contribution in [3.63, 3.8) is 0 Å². The maximum absolute atomic E-state index is 11.2. The summed E-state index contributed by atoms with van der Waals surface area (Å²) in [6.45, 7) is 1.74. The number of carbonyl (C=O) groups excluding carboxylic acids is 1. The van der Waals surface area contributed by atoms with Crippen LogP contribution in [0.5, 0.6) is 5.75 Å². The molecule has 102 valence electrons. The summed E-state index contributed by atoms with van der Waals surface area (Å²) in [5.41, 5.74) is 12.9. The zero-order valence-corrected chi connectivity index (χ0v) is 10.4. The molecular formula is C12H16N4O3. The monoisotopic (exact) mass is 264 g/mol. The highest BCUT2D eigenvalue weighted by molar-refractivity contribution is 5.87. The van der Waals surface area contributed by atoms with E-state index >= 15 is 0 Å². The lowest BCUT2D eigenvalue weighted by Gasteiger charge is -2.15. The molecule has 19 heavy (non-hydrogen) atoms. The Morgan fingerprint density at radius 1 is 1.42 bits per heavy atom. The second-order valence-corrected chi connectivity index (χ2v) is 4.11. The summed E-state index contributed by atoms with van der Waals surface area (Å²) in [5.74, 6) is 0.454. The van der Waals surface area contributed by atoms with Gasteiger partial charge in [-0.05, 0) is 6.07 Å². The van der Waals surface area contributed by atoms with E-state index in [9.17, 15) is 4.79 Å². The Morgan fingerprint density at radius 3 is 2.84 bits per heavy atom. The molecule has 0 aromatic heterocycles. The number of ether oxygens (including phenoxy) is 2. The van der Waals surface area contributed by atoms with E-state index < -0.39 is 0 Å². The van der Waals surface area contributed by atoms with Gasteiger partial charge in [-0.1, -0.05) is 0 Å². The van der Waals surface area contributed by atoms with Crippen LogP contribution in [0.1, 0.15) is 5.56 Å². The van der Waals surface area contributed by atoms with Crippen LogP contribution in [0.2, 0.25) is 0 Å². The van der Waals surface area contributed by atoms with Crippen molar-refractivity contribution in [2.45, 2.75) is 0 Å². The normalized spacial score (nSPS) is 14.3. The van der Waals surface area contributed by atoms with Gasteiger partial charge in [-0.15, -0.1) is 0 Å². The molecule has 0 atom stereocenters. The summed E-state index contributed by atoms with van der Waals surface area (Å²) in [7, 11) is 0. The molecule has 0 aliphatic carbocycles. The fourth-order valence-corrected chi connectivity index (χ4v) is 1.77. The Hall–Kier alpha value is -2.44. The first kappa shape index (κ1) is 13.0. The number of hydrogen-bond donors (Lipinski definition) is 3. The number of amides is 1. The van der Waals surface area contributed by atoms with Crippen LogP contribution < -0.4 is 16.2 Å². The molecule has 1 aliphatic rings. The van der Waals surface area contributed by atoms with Crippen molar-refractivity contribution in [2.75, 3.05) is 37.8 Å². The molecular weight excluding hydrogens is 248 g/mol. The van der Waals surface area contributed by atoms with Crippen LogP contribution in [0, 0.1) is 5.41 Å². The van der Waals surface area contributed by atoms with Crippen LogP contribution >= 0.6 is 0 Å². The van der Waals surface area contributed by atoms with Crippen molar-refractivity contribution in [3.8, 4) is 5.75 Å². The van der Waals surface area contributed by atoms with Crippen LogP contribution in [-0.4, -0.2) is 43.5 Å². The van der Waals surface area contributed by atoms with Gasteiger partial charge in [0.05, 0.1) is 18.8 Å². The van der Waals surface area contributed by atoms with Gasteiger partial charge in [0, 0.05) is 23.5 Å². The molecule has 0 saturated carbocycles. The topological polar surface area (TPSA) is 115 Å². The first-order valence-corrected chi connectivity index (χ1v) is 5.86. The number of nitrogens with one attached hydrogen (secondary N) is 1. The van der Waals surface area contributed by atoms with E-state index in [4.69, 9.17) is 26.4 Å². The lowest BCUT2D eigenvalue weighted by molar-refractivity contribution is 0.153. The van der Waals surface area contributed by atoms with Gasteiger partial charge in [-0.3, -0.25) is 0 Å². The molecule has 0 bridgehead atoms. The van der Waals surface area contributed by atoms with E-state index in [2.05, 4.69) is 0 Å². The van der Waals surface area contributed by atoms with Gasteiger partial charge in [0.15, 0.2) is 0 Å². The third kappa shape index (κ3) is 2.87. The van der Waals surface area contributed by atoms with Crippen LogP contribution in [0.4, 0.5) is 16.2 Å². The summed E-state index contributed by atoms with van der Waals surface area (Å²) >= 11 is 0. The summed E-state index contributed by atoms with van der Waals surface area (Å²) in [4.78, 5) is 12.8. The van der Waals surface area contributed by atoms with Crippen molar-refractivity contribution < 1.29 is 14.3 Å². The largest absolute Gasteiger partial charge is 0.490 e. The number of nitrogen functional groups attached to an aromatic ring is 2. The Morgan fingerprint density at radius 2 is 2.21 bits per heavy atom. The summed E-state index contributed by atoms with van der Waals surface area (Å²) in [6.07, 6.45) is 0.811. The fraction of sp³-hybridized carbons (Fsp3) is 0.333. The molecule has 7 nitrogen and oxygen atoms in total. The second kappa shape index (κ2) is 5.47.